The van der Waals surface area contributed by atoms with Gasteiger partial charge in [0.05, 0.1) is 0 Å². The third-order valence-corrected chi connectivity index (χ3v) is 3.74. The van der Waals surface area contributed by atoms with Crippen molar-refractivity contribution in [1.82, 2.24) is 0 Å². The number of halogens is 1. The number of ether oxygens (including phenoxy) is 1. The topological polar surface area (TPSA) is 29.5 Å². The summed E-state index contributed by atoms with van der Waals surface area (Å²) in [6.07, 6.45) is 1.93. The van der Waals surface area contributed by atoms with Gasteiger partial charge in [0.1, 0.15) is 6.61 Å². The van der Waals surface area contributed by atoms with Gasteiger partial charge in [-0.2, -0.15) is 0 Å². The van der Waals surface area contributed by atoms with Gasteiger partial charge in [-0.25, -0.2) is 0 Å². The predicted octanol–water partition coefficient (Wildman–Crippen LogP) is 2.94. The number of methoxy groups -OCH3 is 1. The molecule has 1 aromatic rings. The third kappa shape index (κ3) is 3.18. The minimum Gasteiger partial charge on any atom is -0.375 e. The Morgan fingerprint density at radius 1 is 1.58 bits per heavy atom. The molecule has 2 rings (SSSR count). The number of carbonyl (C=O) groups excluding carboxylic acids is 1. The lowest BCUT2D eigenvalue weighted by Gasteiger charge is -2.22. The second kappa shape index (κ2) is 6.06. The molecule has 3 nitrogen and oxygen atoms in total. The Labute approximate surface area is 123 Å². The van der Waals surface area contributed by atoms with Crippen LogP contribution in [0.4, 0.5) is 5.69 Å². The lowest BCUT2D eigenvalue weighted by atomic mass is 10.0. The Bertz CT molecular complexity index is 473. The molecule has 19 heavy (non-hydrogen) atoms. The highest BCUT2D eigenvalue weighted by Gasteiger charge is 2.30. The number of hydrogen-bond acceptors (Lipinski definition) is 2. The maximum atomic E-state index is 12.1. The minimum atomic E-state index is 0.0374. The Hall–Kier alpha value is -0.870. The van der Waals surface area contributed by atoms with Crippen molar-refractivity contribution in [1.29, 1.82) is 0 Å². The number of rotatable bonds is 4. The Balaban J connectivity index is 2.24. The zero-order valence-electron chi connectivity index (χ0n) is 11.6. The number of nitrogens with zero attached hydrogens (tertiary/aromatic N) is 1. The molecule has 0 bridgehead atoms. The number of carbonyl (C=O) groups is 1. The van der Waals surface area contributed by atoms with Crippen molar-refractivity contribution in [2.75, 3.05) is 18.6 Å². The molecule has 1 aromatic carbocycles. The Kier molecular flexibility index (Phi) is 4.63. The van der Waals surface area contributed by atoms with E-state index in [1.54, 1.807) is 7.11 Å². The number of alkyl halides is 1. The molecule has 104 valence electrons. The first-order valence-corrected chi connectivity index (χ1v) is 7.51. The van der Waals surface area contributed by atoms with Gasteiger partial charge in [0.2, 0.25) is 0 Å². The highest BCUT2D eigenvalue weighted by atomic mass is 79.9. The number of hydrogen-bond donors (Lipinski definition) is 0. The Morgan fingerprint density at radius 3 is 2.95 bits per heavy atom. The molecule has 2 unspecified atom stereocenters. The van der Waals surface area contributed by atoms with Crippen LogP contribution in [0.15, 0.2) is 18.2 Å². The van der Waals surface area contributed by atoms with E-state index in [1.165, 1.54) is 11.1 Å². The summed E-state index contributed by atoms with van der Waals surface area (Å²) in [5.41, 5.74) is 3.62. The van der Waals surface area contributed by atoms with E-state index in [4.69, 9.17) is 4.74 Å². The van der Waals surface area contributed by atoms with Gasteiger partial charge >= 0.3 is 0 Å². The van der Waals surface area contributed by atoms with Crippen LogP contribution in [0.5, 0.6) is 0 Å². The standard InChI is InChI=1S/C15H20BrNO2/c1-10(16)6-12-4-5-14-13(8-12)7-11(2)17(14)15(18)9-19-3/h4-5,8,10-11H,6-7,9H2,1-3H3. The molecule has 0 N–H and O–H groups in total. The molecular weight excluding hydrogens is 306 g/mol. The average Bonchev–Trinajstić information content (AvgIpc) is 2.63. The number of anilines is 1. The van der Waals surface area contributed by atoms with Gasteiger partial charge < -0.3 is 9.64 Å². The molecule has 1 amide bonds. The second-order valence-electron chi connectivity index (χ2n) is 5.20. The predicted molar refractivity (Wildman–Crippen MR) is 81.1 cm³/mol. The number of benzene rings is 1. The fourth-order valence-corrected chi connectivity index (χ4v) is 3.08. The van der Waals surface area contributed by atoms with E-state index in [9.17, 15) is 4.79 Å². The zero-order chi connectivity index (χ0) is 14.0. The molecule has 1 aliphatic heterocycles. The lowest BCUT2D eigenvalue weighted by molar-refractivity contribution is -0.122. The molecule has 0 fully saturated rings. The van der Waals surface area contributed by atoms with Gasteiger partial charge in [-0.1, -0.05) is 35.0 Å². The molecule has 4 heteroatoms. The van der Waals surface area contributed by atoms with Crippen molar-refractivity contribution in [2.45, 2.75) is 37.6 Å². The van der Waals surface area contributed by atoms with Gasteiger partial charge in [-0.15, -0.1) is 0 Å². The van der Waals surface area contributed by atoms with Gasteiger partial charge in [-0.3, -0.25) is 4.79 Å². The summed E-state index contributed by atoms with van der Waals surface area (Å²) in [5, 5.41) is 0. The fraction of sp³-hybridized carbons (Fsp3) is 0.533. The van der Waals surface area contributed by atoms with Crippen molar-refractivity contribution < 1.29 is 9.53 Å². The van der Waals surface area contributed by atoms with Crippen molar-refractivity contribution in [3.05, 3.63) is 29.3 Å². The molecule has 0 spiro atoms. The summed E-state index contributed by atoms with van der Waals surface area (Å²) < 4.78 is 4.96. The van der Waals surface area contributed by atoms with E-state index in [2.05, 4.69) is 48.0 Å². The highest BCUT2D eigenvalue weighted by Crippen LogP contribution is 2.33. The maximum absolute atomic E-state index is 12.1. The van der Waals surface area contributed by atoms with Crippen molar-refractivity contribution >= 4 is 27.5 Å². The molecular formula is C15H20BrNO2. The first-order valence-electron chi connectivity index (χ1n) is 6.59. The van der Waals surface area contributed by atoms with Crippen molar-refractivity contribution in [3.63, 3.8) is 0 Å². The van der Waals surface area contributed by atoms with Crippen LogP contribution in [-0.4, -0.2) is 30.5 Å². The first-order chi connectivity index (χ1) is 9.02. The van der Waals surface area contributed by atoms with E-state index in [0.717, 1.165) is 18.5 Å². The van der Waals surface area contributed by atoms with Gasteiger partial charge in [0.25, 0.3) is 5.91 Å². The van der Waals surface area contributed by atoms with Crippen molar-refractivity contribution in [2.24, 2.45) is 0 Å². The first kappa shape index (κ1) is 14.5. The molecule has 0 aromatic heterocycles. The largest absolute Gasteiger partial charge is 0.375 e. The Morgan fingerprint density at radius 2 is 2.32 bits per heavy atom. The molecule has 1 aliphatic rings. The van der Waals surface area contributed by atoms with E-state index in [1.807, 2.05) is 4.90 Å². The van der Waals surface area contributed by atoms with E-state index < -0.39 is 0 Å². The van der Waals surface area contributed by atoms with Crippen LogP contribution >= 0.6 is 15.9 Å². The molecule has 0 aliphatic carbocycles. The third-order valence-electron chi connectivity index (χ3n) is 3.41. The molecule has 1 heterocycles. The fourth-order valence-electron chi connectivity index (χ4n) is 2.71. The number of fused-ring (bicyclic) bond motifs is 1. The van der Waals surface area contributed by atoms with Gasteiger partial charge in [0, 0.05) is 23.7 Å². The molecule has 0 radical (unpaired) electrons. The average molecular weight is 326 g/mol. The minimum absolute atomic E-state index is 0.0374. The quantitative estimate of drug-likeness (QED) is 0.796. The highest BCUT2D eigenvalue weighted by molar-refractivity contribution is 9.09. The molecule has 0 saturated carbocycles. The van der Waals surface area contributed by atoms with Crippen LogP contribution in [0.25, 0.3) is 0 Å². The SMILES string of the molecule is COCC(=O)N1c2ccc(CC(C)Br)cc2CC1C. The summed E-state index contributed by atoms with van der Waals surface area (Å²) in [5.74, 6) is 0.0374. The van der Waals surface area contributed by atoms with E-state index in [0.29, 0.717) is 4.83 Å². The van der Waals surface area contributed by atoms with Crippen LogP contribution in [0, 0.1) is 0 Å². The maximum Gasteiger partial charge on any atom is 0.253 e. The van der Waals surface area contributed by atoms with E-state index >= 15 is 0 Å². The summed E-state index contributed by atoms with van der Waals surface area (Å²) in [4.78, 5) is 14.4. The van der Waals surface area contributed by atoms with Gasteiger partial charge in [0.15, 0.2) is 0 Å². The molecule has 2 atom stereocenters. The van der Waals surface area contributed by atoms with Crippen LogP contribution in [0.1, 0.15) is 25.0 Å². The zero-order valence-corrected chi connectivity index (χ0v) is 13.2. The summed E-state index contributed by atoms with van der Waals surface area (Å²) >= 11 is 3.58. The van der Waals surface area contributed by atoms with Gasteiger partial charge in [-0.05, 0) is 37.0 Å². The van der Waals surface area contributed by atoms with Crippen molar-refractivity contribution in [3.8, 4) is 0 Å². The molecule has 0 saturated heterocycles. The van der Waals surface area contributed by atoms with Crippen LogP contribution in [-0.2, 0) is 22.4 Å². The lowest BCUT2D eigenvalue weighted by Crippen LogP contribution is -2.38. The van der Waals surface area contributed by atoms with Crippen LogP contribution in [0.3, 0.4) is 0 Å². The second-order valence-corrected chi connectivity index (χ2v) is 6.76. The normalized spacial score (nSPS) is 19.4. The summed E-state index contributed by atoms with van der Waals surface area (Å²) in [7, 11) is 1.56. The van der Waals surface area contributed by atoms with Crippen LogP contribution < -0.4 is 4.90 Å². The van der Waals surface area contributed by atoms with E-state index in [-0.39, 0.29) is 18.6 Å². The smallest absolute Gasteiger partial charge is 0.253 e. The summed E-state index contributed by atoms with van der Waals surface area (Å²) in [6.45, 7) is 4.37. The monoisotopic (exact) mass is 325 g/mol. The summed E-state index contributed by atoms with van der Waals surface area (Å²) in [6, 6.07) is 6.62. The van der Waals surface area contributed by atoms with Crippen LogP contribution in [0.2, 0.25) is 0 Å². The number of amides is 1.